The summed E-state index contributed by atoms with van der Waals surface area (Å²) in [5.41, 5.74) is 1.34. The van der Waals surface area contributed by atoms with Crippen LogP contribution in [0.15, 0.2) is 84.9 Å². The van der Waals surface area contributed by atoms with Crippen LogP contribution in [0.5, 0.6) is 0 Å². The van der Waals surface area contributed by atoms with Crippen LogP contribution in [0.4, 0.5) is 5.69 Å². The van der Waals surface area contributed by atoms with Gasteiger partial charge in [0.1, 0.15) is 5.60 Å². The van der Waals surface area contributed by atoms with E-state index in [1.54, 1.807) is 12.1 Å². The Morgan fingerprint density at radius 1 is 0.900 bits per heavy atom. The molecule has 0 radical (unpaired) electrons. The molecule has 3 aromatic rings. The van der Waals surface area contributed by atoms with Crippen LogP contribution in [0, 0.1) is 10.1 Å². The lowest BCUT2D eigenvalue weighted by molar-refractivity contribution is -0.384. The molecule has 156 valence electrons. The van der Waals surface area contributed by atoms with E-state index in [1.165, 1.54) is 12.1 Å². The van der Waals surface area contributed by atoms with Gasteiger partial charge in [0, 0.05) is 24.7 Å². The third-order valence-electron chi connectivity index (χ3n) is 5.32. The minimum atomic E-state index is -1.13. The molecular formula is C24H25NO5. The Morgan fingerprint density at radius 2 is 1.50 bits per heavy atom. The van der Waals surface area contributed by atoms with Crippen molar-refractivity contribution in [1.82, 2.24) is 0 Å². The van der Waals surface area contributed by atoms with Crippen LogP contribution in [0.25, 0.3) is 0 Å². The second kappa shape index (κ2) is 10.1. The fourth-order valence-electron chi connectivity index (χ4n) is 3.77. The first-order chi connectivity index (χ1) is 14.6. The lowest BCUT2D eigenvalue weighted by Crippen LogP contribution is -2.41. The molecule has 30 heavy (non-hydrogen) atoms. The van der Waals surface area contributed by atoms with Gasteiger partial charge in [0.2, 0.25) is 0 Å². The smallest absolute Gasteiger partial charge is 0.269 e. The van der Waals surface area contributed by atoms with E-state index in [4.69, 9.17) is 4.74 Å². The van der Waals surface area contributed by atoms with Crippen LogP contribution < -0.4 is 0 Å². The van der Waals surface area contributed by atoms with Gasteiger partial charge in [-0.1, -0.05) is 72.8 Å². The van der Waals surface area contributed by atoms with E-state index in [0.29, 0.717) is 6.42 Å². The van der Waals surface area contributed by atoms with Crippen molar-refractivity contribution >= 4 is 5.69 Å². The number of rotatable bonds is 10. The molecule has 0 saturated carbocycles. The second-order valence-electron chi connectivity index (χ2n) is 7.10. The summed E-state index contributed by atoms with van der Waals surface area (Å²) in [5.74, 6) is -0.417. The number of benzene rings is 3. The number of nitro benzene ring substituents is 1. The standard InChI is InChI=1S/C24H25NO5/c26-16-15-23(20-11-13-22(14-12-20)25(28)29)24(18-27,21-9-5-2-6-10-21)30-17-19-7-3-1-4-8-19/h1-14,23,26-27H,15-18H2/t23-,24-/m0/s1. The summed E-state index contributed by atoms with van der Waals surface area (Å²) >= 11 is 0. The fourth-order valence-corrected chi connectivity index (χ4v) is 3.77. The molecule has 0 spiro atoms. The highest BCUT2D eigenvalue weighted by Gasteiger charge is 2.42. The Kier molecular flexibility index (Phi) is 7.30. The highest BCUT2D eigenvalue weighted by atomic mass is 16.6. The van der Waals surface area contributed by atoms with Crippen molar-refractivity contribution in [3.63, 3.8) is 0 Å². The number of nitro groups is 1. The van der Waals surface area contributed by atoms with Crippen molar-refractivity contribution in [2.24, 2.45) is 0 Å². The number of nitrogens with zero attached hydrogens (tertiary/aromatic N) is 1. The predicted molar refractivity (Wildman–Crippen MR) is 114 cm³/mol. The molecule has 2 N–H and O–H groups in total. The quantitative estimate of drug-likeness (QED) is 0.389. The highest BCUT2D eigenvalue weighted by Crippen LogP contribution is 2.43. The maximum absolute atomic E-state index is 11.0. The molecule has 6 heteroatoms. The van der Waals surface area contributed by atoms with E-state index < -0.39 is 16.4 Å². The average Bonchev–Trinajstić information content (AvgIpc) is 2.80. The first kappa shape index (κ1) is 21.6. The van der Waals surface area contributed by atoms with E-state index in [-0.39, 0.29) is 25.5 Å². The molecular weight excluding hydrogens is 382 g/mol. The van der Waals surface area contributed by atoms with Gasteiger partial charge in [-0.15, -0.1) is 0 Å². The molecule has 0 aromatic heterocycles. The molecule has 3 rings (SSSR count). The first-order valence-corrected chi connectivity index (χ1v) is 9.80. The molecule has 6 nitrogen and oxygen atoms in total. The molecule has 0 heterocycles. The molecule has 0 aliphatic heterocycles. The lowest BCUT2D eigenvalue weighted by atomic mass is 9.75. The summed E-state index contributed by atoms with van der Waals surface area (Å²) in [5, 5.41) is 31.4. The van der Waals surface area contributed by atoms with Crippen LogP contribution in [-0.2, 0) is 16.9 Å². The van der Waals surface area contributed by atoms with E-state index in [1.807, 2.05) is 60.7 Å². The molecule has 0 bridgehead atoms. The van der Waals surface area contributed by atoms with Crippen LogP contribution in [0.3, 0.4) is 0 Å². The highest BCUT2D eigenvalue weighted by molar-refractivity contribution is 5.38. The lowest BCUT2D eigenvalue weighted by Gasteiger charge is -2.40. The third-order valence-corrected chi connectivity index (χ3v) is 5.32. The zero-order valence-corrected chi connectivity index (χ0v) is 16.6. The zero-order chi connectivity index (χ0) is 21.4. The van der Waals surface area contributed by atoms with Crippen molar-refractivity contribution in [1.29, 1.82) is 0 Å². The van der Waals surface area contributed by atoms with E-state index in [2.05, 4.69) is 0 Å². The van der Waals surface area contributed by atoms with Crippen LogP contribution >= 0.6 is 0 Å². The molecule has 0 saturated heterocycles. The monoisotopic (exact) mass is 407 g/mol. The summed E-state index contributed by atoms with van der Waals surface area (Å²) in [6.45, 7) is -0.165. The van der Waals surface area contributed by atoms with Gasteiger partial charge in [0.15, 0.2) is 0 Å². The molecule has 2 atom stereocenters. The van der Waals surface area contributed by atoms with Crippen molar-refractivity contribution in [2.45, 2.75) is 24.5 Å². The van der Waals surface area contributed by atoms with Gasteiger partial charge in [0.05, 0.1) is 18.1 Å². The Balaban J connectivity index is 2.05. The molecule has 0 aliphatic carbocycles. The van der Waals surface area contributed by atoms with Gasteiger partial charge in [-0.3, -0.25) is 10.1 Å². The van der Waals surface area contributed by atoms with Crippen molar-refractivity contribution in [2.75, 3.05) is 13.2 Å². The van der Waals surface area contributed by atoms with Crippen molar-refractivity contribution in [3.8, 4) is 0 Å². The number of non-ortho nitro benzene ring substituents is 1. The SMILES string of the molecule is O=[N+]([O-])c1ccc([C@H](CCO)[C@@](CO)(OCc2ccccc2)c2ccccc2)cc1. The maximum Gasteiger partial charge on any atom is 0.269 e. The maximum atomic E-state index is 11.0. The topological polar surface area (TPSA) is 92.8 Å². The number of aliphatic hydroxyl groups excluding tert-OH is 2. The third kappa shape index (κ3) is 4.74. The average molecular weight is 407 g/mol. The number of aliphatic hydroxyl groups is 2. The number of hydrogen-bond donors (Lipinski definition) is 2. The second-order valence-corrected chi connectivity index (χ2v) is 7.10. The summed E-state index contributed by atoms with van der Waals surface area (Å²) in [7, 11) is 0. The van der Waals surface area contributed by atoms with Crippen molar-refractivity contribution in [3.05, 3.63) is 112 Å². The fraction of sp³-hybridized carbons (Fsp3) is 0.250. The molecule has 3 aromatic carbocycles. The Bertz CT molecular complexity index is 931. The Labute approximate surface area is 175 Å². The summed E-state index contributed by atoms with van der Waals surface area (Å²) in [4.78, 5) is 10.6. The van der Waals surface area contributed by atoms with Gasteiger partial charge >= 0.3 is 0 Å². The van der Waals surface area contributed by atoms with E-state index >= 15 is 0 Å². The number of ether oxygens (including phenoxy) is 1. The van der Waals surface area contributed by atoms with Gasteiger partial charge in [-0.2, -0.15) is 0 Å². The Morgan fingerprint density at radius 3 is 2.03 bits per heavy atom. The van der Waals surface area contributed by atoms with Gasteiger partial charge < -0.3 is 14.9 Å². The van der Waals surface area contributed by atoms with E-state index in [9.17, 15) is 20.3 Å². The summed E-state index contributed by atoms with van der Waals surface area (Å²) in [6, 6.07) is 25.3. The molecule has 0 aliphatic rings. The minimum absolute atomic E-state index is 0.0130. The largest absolute Gasteiger partial charge is 0.396 e. The van der Waals surface area contributed by atoms with Gasteiger partial charge in [0.25, 0.3) is 5.69 Å². The summed E-state index contributed by atoms with van der Waals surface area (Å²) in [6.07, 6.45) is 0.321. The number of hydrogen-bond acceptors (Lipinski definition) is 5. The normalized spacial score (nSPS) is 14.1. The molecule has 0 amide bonds. The predicted octanol–water partition coefficient (Wildman–Crippen LogP) is 4.17. The first-order valence-electron chi connectivity index (χ1n) is 9.80. The zero-order valence-electron chi connectivity index (χ0n) is 16.6. The van der Waals surface area contributed by atoms with Crippen molar-refractivity contribution < 1.29 is 19.9 Å². The van der Waals surface area contributed by atoms with Crippen LogP contribution in [0.2, 0.25) is 0 Å². The Hall–Kier alpha value is -3.06. The molecule has 0 unspecified atom stereocenters. The van der Waals surface area contributed by atoms with Crippen LogP contribution in [0.1, 0.15) is 29.0 Å². The minimum Gasteiger partial charge on any atom is -0.396 e. The van der Waals surface area contributed by atoms with E-state index in [0.717, 1.165) is 16.7 Å². The van der Waals surface area contributed by atoms with Crippen LogP contribution in [-0.4, -0.2) is 28.4 Å². The van der Waals surface area contributed by atoms with Gasteiger partial charge in [-0.05, 0) is 23.1 Å². The van der Waals surface area contributed by atoms with Gasteiger partial charge in [-0.25, -0.2) is 0 Å². The molecule has 0 fully saturated rings. The summed E-state index contributed by atoms with van der Waals surface area (Å²) < 4.78 is 6.40.